The van der Waals surface area contributed by atoms with E-state index < -0.39 is 0 Å². The van der Waals surface area contributed by atoms with Gasteiger partial charge in [0.2, 0.25) is 0 Å². The predicted octanol–water partition coefficient (Wildman–Crippen LogP) is 1.44. The van der Waals surface area contributed by atoms with Crippen LogP contribution in [0.25, 0.3) is 11.3 Å². The number of nitrogens with one attached hydrogen (secondary N) is 1. The van der Waals surface area contributed by atoms with E-state index in [2.05, 4.69) is 20.5 Å². The van der Waals surface area contributed by atoms with Crippen molar-refractivity contribution >= 4 is 11.4 Å². The first-order valence-electron chi connectivity index (χ1n) is 8.08. The van der Waals surface area contributed by atoms with Crippen LogP contribution in [-0.4, -0.2) is 46.9 Å². The minimum Gasteiger partial charge on any atom is -0.334 e. The second-order valence-corrected chi connectivity index (χ2v) is 6.09. The molecule has 0 atom stereocenters. The third-order valence-electron chi connectivity index (χ3n) is 4.59. The smallest absolute Gasteiger partial charge is 0.255 e. The van der Waals surface area contributed by atoms with Gasteiger partial charge >= 0.3 is 0 Å². The molecule has 0 aromatic carbocycles. The first kappa shape index (κ1) is 14.0. The van der Waals surface area contributed by atoms with Crippen LogP contribution in [0.5, 0.6) is 0 Å². The summed E-state index contributed by atoms with van der Waals surface area (Å²) in [7, 11) is 0. The number of aromatic nitrogens is 6. The van der Waals surface area contributed by atoms with Crippen molar-refractivity contribution in [3.8, 4) is 5.82 Å². The molecule has 0 saturated carbocycles. The fourth-order valence-electron chi connectivity index (χ4n) is 3.32. The number of amides is 1. The summed E-state index contributed by atoms with van der Waals surface area (Å²) in [6.45, 7) is 1.17. The van der Waals surface area contributed by atoms with Crippen LogP contribution in [0.1, 0.15) is 21.6 Å². The lowest BCUT2D eigenvalue weighted by Gasteiger charge is -2.26. The summed E-state index contributed by atoms with van der Waals surface area (Å²) in [5.41, 5.74) is 3.75. The number of hydrogen-bond donors (Lipinski definition) is 1. The van der Waals surface area contributed by atoms with Crippen LogP contribution in [0.15, 0.2) is 49.1 Å². The van der Waals surface area contributed by atoms with Crippen molar-refractivity contribution in [3.63, 3.8) is 0 Å². The highest BCUT2D eigenvalue weighted by molar-refractivity contribution is 5.95. The Morgan fingerprint density at radius 3 is 3.04 bits per heavy atom. The summed E-state index contributed by atoms with van der Waals surface area (Å²) < 4.78 is 3.58. The molecule has 0 spiro atoms. The summed E-state index contributed by atoms with van der Waals surface area (Å²) in [5.74, 6) is 0.729. The van der Waals surface area contributed by atoms with Crippen LogP contribution < -0.4 is 0 Å². The molecular formula is C17H15N7O. The van der Waals surface area contributed by atoms with Crippen LogP contribution in [0.2, 0.25) is 0 Å². The zero-order valence-corrected chi connectivity index (χ0v) is 13.3. The number of pyridine rings is 1. The normalized spacial score (nSPS) is 14.0. The molecule has 8 heteroatoms. The summed E-state index contributed by atoms with van der Waals surface area (Å²) in [6.07, 6.45) is 7.92. The topological polar surface area (TPSA) is 84.1 Å². The van der Waals surface area contributed by atoms with Crippen LogP contribution >= 0.6 is 0 Å². The van der Waals surface area contributed by atoms with Crippen molar-refractivity contribution in [2.75, 3.05) is 6.54 Å². The van der Waals surface area contributed by atoms with E-state index in [4.69, 9.17) is 0 Å². The lowest BCUT2D eigenvalue weighted by atomic mass is 10.1. The Kier molecular flexibility index (Phi) is 2.96. The van der Waals surface area contributed by atoms with Gasteiger partial charge in [-0.25, -0.2) is 4.68 Å². The van der Waals surface area contributed by atoms with Crippen molar-refractivity contribution in [2.24, 2.45) is 0 Å². The molecule has 1 aliphatic rings. The second-order valence-electron chi connectivity index (χ2n) is 6.09. The van der Waals surface area contributed by atoms with Crippen LogP contribution in [0.3, 0.4) is 0 Å². The van der Waals surface area contributed by atoms with Gasteiger partial charge in [-0.2, -0.15) is 5.10 Å². The van der Waals surface area contributed by atoms with Gasteiger partial charge in [0, 0.05) is 42.1 Å². The molecule has 25 heavy (non-hydrogen) atoms. The molecule has 0 fully saturated rings. The first-order chi connectivity index (χ1) is 12.3. The third kappa shape index (κ3) is 2.22. The van der Waals surface area contributed by atoms with Crippen molar-refractivity contribution in [1.82, 2.24) is 34.5 Å². The quantitative estimate of drug-likeness (QED) is 0.602. The van der Waals surface area contributed by atoms with Crippen molar-refractivity contribution < 1.29 is 4.79 Å². The van der Waals surface area contributed by atoms with Gasteiger partial charge in [0.15, 0.2) is 5.82 Å². The Bertz CT molecular complexity index is 1030. The lowest BCUT2D eigenvalue weighted by molar-refractivity contribution is 0.0734. The standard InChI is InChI=1S/C17H15N7O/c25-17(12-9-13-3-1-2-6-22(13)10-12)23-7-4-15-14(11-23)16(20-19-15)24-8-5-18-21-24/h1-3,5-6,8-10H,4,7,11H2,(H,19,20). The number of aromatic amines is 1. The summed E-state index contributed by atoms with van der Waals surface area (Å²) in [4.78, 5) is 14.8. The van der Waals surface area contributed by atoms with E-state index in [1.54, 1.807) is 17.1 Å². The molecule has 5 rings (SSSR count). The molecule has 8 nitrogen and oxygen atoms in total. The highest BCUT2D eigenvalue weighted by atomic mass is 16.2. The lowest BCUT2D eigenvalue weighted by Crippen LogP contribution is -2.36. The van der Waals surface area contributed by atoms with Gasteiger partial charge in [-0.3, -0.25) is 9.89 Å². The average Bonchev–Trinajstić information content (AvgIpc) is 3.37. The number of hydrogen-bond acceptors (Lipinski definition) is 4. The molecule has 0 unspecified atom stereocenters. The van der Waals surface area contributed by atoms with Gasteiger partial charge in [-0.15, -0.1) is 5.10 Å². The Morgan fingerprint density at radius 1 is 1.24 bits per heavy atom. The van der Waals surface area contributed by atoms with Gasteiger partial charge < -0.3 is 9.30 Å². The monoisotopic (exact) mass is 333 g/mol. The maximum absolute atomic E-state index is 12.9. The minimum atomic E-state index is 0.0279. The van der Waals surface area contributed by atoms with Crippen molar-refractivity contribution in [2.45, 2.75) is 13.0 Å². The van der Waals surface area contributed by atoms with E-state index in [9.17, 15) is 4.79 Å². The third-order valence-corrected chi connectivity index (χ3v) is 4.59. The molecule has 0 bridgehead atoms. The van der Waals surface area contributed by atoms with Gasteiger partial charge in [0.05, 0.1) is 24.5 Å². The predicted molar refractivity (Wildman–Crippen MR) is 89.3 cm³/mol. The summed E-state index contributed by atoms with van der Waals surface area (Å²) in [5, 5.41) is 15.2. The average molecular weight is 333 g/mol. The molecule has 0 aliphatic carbocycles. The fourth-order valence-corrected chi connectivity index (χ4v) is 3.32. The van der Waals surface area contributed by atoms with Crippen LogP contribution in [-0.2, 0) is 13.0 Å². The number of H-pyrrole nitrogens is 1. The molecule has 1 amide bonds. The second kappa shape index (κ2) is 5.30. The zero-order valence-electron chi connectivity index (χ0n) is 13.3. The molecule has 0 saturated heterocycles. The molecule has 4 aromatic heterocycles. The Labute approximate surface area is 142 Å². The van der Waals surface area contributed by atoms with Gasteiger partial charge in [-0.1, -0.05) is 11.3 Å². The van der Waals surface area contributed by atoms with Crippen LogP contribution in [0.4, 0.5) is 0 Å². The maximum Gasteiger partial charge on any atom is 0.255 e. The van der Waals surface area contributed by atoms with Gasteiger partial charge in [-0.05, 0) is 18.2 Å². The minimum absolute atomic E-state index is 0.0279. The molecule has 5 heterocycles. The number of carbonyl (C=O) groups excluding carboxylic acids is 1. The number of rotatable bonds is 2. The molecule has 1 N–H and O–H groups in total. The van der Waals surface area contributed by atoms with Gasteiger partial charge in [0.1, 0.15) is 0 Å². The number of fused-ring (bicyclic) bond motifs is 2. The molecule has 1 aliphatic heterocycles. The van der Waals surface area contributed by atoms with Crippen LogP contribution in [0, 0.1) is 0 Å². The Hall–Kier alpha value is -3.42. The molecular weight excluding hydrogens is 318 g/mol. The maximum atomic E-state index is 12.9. The van der Waals surface area contributed by atoms with E-state index >= 15 is 0 Å². The molecule has 4 aromatic rings. The van der Waals surface area contributed by atoms with Crippen molar-refractivity contribution in [3.05, 3.63) is 65.9 Å². The highest BCUT2D eigenvalue weighted by Gasteiger charge is 2.27. The largest absolute Gasteiger partial charge is 0.334 e. The van der Waals surface area contributed by atoms with E-state index in [1.807, 2.05) is 46.0 Å². The summed E-state index contributed by atoms with van der Waals surface area (Å²) in [6, 6.07) is 7.83. The molecule has 0 radical (unpaired) electrons. The Morgan fingerprint density at radius 2 is 2.20 bits per heavy atom. The fraction of sp³-hybridized carbons (Fsp3) is 0.176. The van der Waals surface area contributed by atoms with E-state index in [-0.39, 0.29) is 5.91 Å². The molecule has 124 valence electrons. The number of nitrogens with zero attached hydrogens (tertiary/aromatic N) is 6. The van der Waals surface area contributed by atoms with E-state index in [1.165, 1.54) is 0 Å². The summed E-state index contributed by atoms with van der Waals surface area (Å²) >= 11 is 0. The highest BCUT2D eigenvalue weighted by Crippen LogP contribution is 2.24. The SMILES string of the molecule is O=C(c1cc2ccccn2c1)N1CCc2[nH]nc(-n3ccnn3)c2C1. The number of carbonyl (C=O) groups is 1. The van der Waals surface area contributed by atoms with E-state index in [0.717, 1.165) is 23.2 Å². The Balaban J connectivity index is 1.47. The van der Waals surface area contributed by atoms with E-state index in [0.29, 0.717) is 24.5 Å². The van der Waals surface area contributed by atoms with Gasteiger partial charge in [0.25, 0.3) is 5.91 Å². The zero-order chi connectivity index (χ0) is 16.8. The van der Waals surface area contributed by atoms with Crippen molar-refractivity contribution in [1.29, 1.82) is 0 Å². The first-order valence-corrected chi connectivity index (χ1v) is 8.08.